The molecule has 1 N–H and O–H groups in total. The number of carbonyl (C=O) groups excluding carboxylic acids is 3. The highest BCUT2D eigenvalue weighted by Crippen LogP contribution is 2.40. The molecule has 0 radical (unpaired) electrons. The van der Waals surface area contributed by atoms with Crippen LogP contribution >= 0.6 is 11.8 Å². The van der Waals surface area contributed by atoms with Crippen molar-refractivity contribution in [3.63, 3.8) is 0 Å². The maximum Gasteiger partial charge on any atom is 0.293 e. The Balaban J connectivity index is 1.41. The second-order valence-corrected chi connectivity index (χ2v) is 8.11. The first kappa shape index (κ1) is 23.3. The smallest absolute Gasteiger partial charge is 0.293 e. The van der Waals surface area contributed by atoms with Crippen LogP contribution in [0.1, 0.15) is 15.9 Å². The van der Waals surface area contributed by atoms with Crippen LogP contribution in [0.15, 0.2) is 35.2 Å². The fraction of sp³-hybridized carbons (Fsp3) is 0.261. The van der Waals surface area contributed by atoms with Crippen LogP contribution in [0.2, 0.25) is 0 Å². The second-order valence-electron chi connectivity index (χ2n) is 7.12. The van der Waals surface area contributed by atoms with Crippen molar-refractivity contribution in [2.75, 3.05) is 41.2 Å². The summed E-state index contributed by atoms with van der Waals surface area (Å²) in [5, 5.41) is 2.29. The van der Waals surface area contributed by atoms with E-state index in [1.54, 1.807) is 36.4 Å². The minimum atomic E-state index is -0.443. The number of benzene rings is 2. The number of nitrogens with zero attached hydrogens (tertiary/aromatic N) is 1. The quantitative estimate of drug-likeness (QED) is 0.563. The lowest BCUT2D eigenvalue weighted by atomic mass is 10.1. The SMILES string of the molecule is COc1cc(C=C2SC(=O)N(CCNC(=O)c3ccc4c(c3)OCO4)C2=O)cc(OC)c1OC. The van der Waals surface area contributed by atoms with Gasteiger partial charge in [0.25, 0.3) is 17.1 Å². The fourth-order valence-electron chi connectivity index (χ4n) is 3.45. The summed E-state index contributed by atoms with van der Waals surface area (Å²) in [4.78, 5) is 39.0. The normalized spacial score (nSPS) is 15.6. The number of amides is 3. The molecule has 0 saturated carbocycles. The number of rotatable bonds is 8. The number of imide groups is 1. The standard InChI is InChI=1S/C23H22N2O8S/c1-29-17-8-13(9-18(30-2)20(17)31-3)10-19-22(27)25(23(28)34-19)7-6-24-21(26)14-4-5-15-16(11-14)33-12-32-15/h4-5,8-11H,6-7,12H2,1-3H3,(H,24,26). The first-order valence-corrected chi connectivity index (χ1v) is 11.0. The second kappa shape index (κ2) is 9.96. The van der Waals surface area contributed by atoms with E-state index in [4.69, 9.17) is 23.7 Å². The van der Waals surface area contributed by atoms with E-state index in [0.717, 1.165) is 16.7 Å². The summed E-state index contributed by atoms with van der Waals surface area (Å²) >= 11 is 0.825. The Hall–Kier alpha value is -3.86. The highest BCUT2D eigenvalue weighted by molar-refractivity contribution is 8.18. The molecule has 3 amide bonds. The van der Waals surface area contributed by atoms with Gasteiger partial charge in [0, 0.05) is 18.7 Å². The number of thioether (sulfide) groups is 1. The van der Waals surface area contributed by atoms with Gasteiger partial charge in [-0.25, -0.2) is 0 Å². The van der Waals surface area contributed by atoms with Gasteiger partial charge < -0.3 is 29.0 Å². The molecule has 2 aromatic rings. The lowest BCUT2D eigenvalue weighted by molar-refractivity contribution is -0.122. The zero-order chi connectivity index (χ0) is 24.2. The largest absolute Gasteiger partial charge is 0.493 e. The summed E-state index contributed by atoms with van der Waals surface area (Å²) in [5.41, 5.74) is 0.997. The molecule has 1 fully saturated rings. The van der Waals surface area contributed by atoms with Crippen molar-refractivity contribution in [3.05, 3.63) is 46.4 Å². The topological polar surface area (TPSA) is 113 Å². The molecule has 10 nitrogen and oxygen atoms in total. The van der Waals surface area contributed by atoms with Gasteiger partial charge in [0.1, 0.15) is 0 Å². The maximum absolute atomic E-state index is 12.8. The Bertz CT molecular complexity index is 1150. The van der Waals surface area contributed by atoms with Gasteiger partial charge in [-0.05, 0) is 53.7 Å². The number of ether oxygens (including phenoxy) is 5. The molecule has 0 aromatic heterocycles. The lowest BCUT2D eigenvalue weighted by Gasteiger charge is -2.13. The Morgan fingerprint density at radius 1 is 1.06 bits per heavy atom. The molecule has 2 heterocycles. The van der Waals surface area contributed by atoms with Crippen molar-refractivity contribution in [1.82, 2.24) is 10.2 Å². The van der Waals surface area contributed by atoms with Gasteiger partial charge in [-0.1, -0.05) is 0 Å². The predicted octanol–water partition coefficient (Wildman–Crippen LogP) is 2.91. The highest BCUT2D eigenvalue weighted by Gasteiger charge is 2.35. The number of methoxy groups -OCH3 is 3. The van der Waals surface area contributed by atoms with Gasteiger partial charge >= 0.3 is 0 Å². The van der Waals surface area contributed by atoms with E-state index in [1.807, 2.05) is 0 Å². The summed E-state index contributed by atoms with van der Waals surface area (Å²) in [7, 11) is 4.48. The molecule has 2 aliphatic rings. The number of hydrogen-bond acceptors (Lipinski definition) is 9. The number of carbonyl (C=O) groups is 3. The van der Waals surface area contributed by atoms with Gasteiger partial charge in [-0.15, -0.1) is 0 Å². The molecular formula is C23H22N2O8S. The van der Waals surface area contributed by atoms with Crippen LogP contribution in [0.25, 0.3) is 6.08 Å². The summed E-state index contributed by atoms with van der Waals surface area (Å²) in [6.45, 7) is 0.250. The zero-order valence-corrected chi connectivity index (χ0v) is 19.5. The zero-order valence-electron chi connectivity index (χ0n) is 18.7. The monoisotopic (exact) mass is 486 g/mol. The average molecular weight is 487 g/mol. The number of hydrogen-bond donors (Lipinski definition) is 1. The molecule has 2 aliphatic heterocycles. The van der Waals surface area contributed by atoms with Gasteiger partial charge in [0.2, 0.25) is 12.5 Å². The van der Waals surface area contributed by atoms with E-state index in [9.17, 15) is 14.4 Å². The van der Waals surface area contributed by atoms with Gasteiger partial charge in [0.15, 0.2) is 23.0 Å². The molecular weight excluding hydrogens is 464 g/mol. The van der Waals surface area contributed by atoms with E-state index in [2.05, 4.69) is 5.32 Å². The average Bonchev–Trinajstić information content (AvgIpc) is 3.42. The van der Waals surface area contributed by atoms with E-state index in [-0.39, 0.29) is 30.7 Å². The molecule has 2 aromatic carbocycles. The summed E-state index contributed by atoms with van der Waals surface area (Å²) in [5.74, 6) is 1.56. The van der Waals surface area contributed by atoms with E-state index in [0.29, 0.717) is 39.9 Å². The Labute approximate surface area is 199 Å². The number of fused-ring (bicyclic) bond motifs is 1. The van der Waals surface area contributed by atoms with E-state index < -0.39 is 11.1 Å². The van der Waals surface area contributed by atoms with Gasteiger partial charge in [-0.2, -0.15) is 0 Å². The molecule has 0 atom stereocenters. The van der Waals surface area contributed by atoms with Crippen molar-refractivity contribution in [3.8, 4) is 28.7 Å². The fourth-order valence-corrected chi connectivity index (χ4v) is 4.31. The van der Waals surface area contributed by atoms with Gasteiger partial charge in [-0.3, -0.25) is 19.3 Å². The lowest BCUT2D eigenvalue weighted by Crippen LogP contribution is -2.37. The van der Waals surface area contributed by atoms with Crippen molar-refractivity contribution < 1.29 is 38.1 Å². The Morgan fingerprint density at radius 2 is 1.76 bits per heavy atom. The summed E-state index contributed by atoms with van der Waals surface area (Å²) in [6, 6.07) is 8.21. The first-order chi connectivity index (χ1) is 16.4. The van der Waals surface area contributed by atoms with Gasteiger partial charge in [0.05, 0.1) is 26.2 Å². The third kappa shape index (κ3) is 4.60. The Morgan fingerprint density at radius 3 is 2.44 bits per heavy atom. The number of nitrogens with one attached hydrogen (secondary N) is 1. The molecule has 11 heteroatoms. The van der Waals surface area contributed by atoms with Crippen molar-refractivity contribution in [2.45, 2.75) is 0 Å². The molecule has 0 spiro atoms. The van der Waals surface area contributed by atoms with Crippen LogP contribution in [0.4, 0.5) is 4.79 Å². The van der Waals surface area contributed by atoms with Crippen molar-refractivity contribution in [2.24, 2.45) is 0 Å². The molecule has 0 unspecified atom stereocenters. The molecule has 4 rings (SSSR count). The van der Waals surface area contributed by atoms with Crippen LogP contribution in [-0.2, 0) is 4.79 Å². The summed E-state index contributed by atoms with van der Waals surface area (Å²) < 4.78 is 26.5. The molecule has 34 heavy (non-hydrogen) atoms. The predicted molar refractivity (Wildman–Crippen MR) is 124 cm³/mol. The molecule has 1 saturated heterocycles. The first-order valence-electron chi connectivity index (χ1n) is 10.2. The van der Waals surface area contributed by atoms with Crippen LogP contribution in [0.3, 0.4) is 0 Å². The molecule has 178 valence electrons. The minimum absolute atomic E-state index is 0.0353. The van der Waals surface area contributed by atoms with Crippen LogP contribution in [0.5, 0.6) is 28.7 Å². The minimum Gasteiger partial charge on any atom is -0.493 e. The van der Waals surface area contributed by atoms with Crippen molar-refractivity contribution >= 4 is 34.9 Å². The summed E-state index contributed by atoms with van der Waals surface area (Å²) in [6.07, 6.45) is 1.58. The third-order valence-electron chi connectivity index (χ3n) is 5.11. The maximum atomic E-state index is 12.8. The Kier molecular flexibility index (Phi) is 6.82. The van der Waals surface area contributed by atoms with Crippen LogP contribution in [-0.4, -0.2) is 63.2 Å². The van der Waals surface area contributed by atoms with E-state index in [1.165, 1.54) is 21.3 Å². The molecule has 0 bridgehead atoms. The van der Waals surface area contributed by atoms with E-state index >= 15 is 0 Å². The highest BCUT2D eigenvalue weighted by atomic mass is 32.2. The van der Waals surface area contributed by atoms with Crippen LogP contribution < -0.4 is 29.0 Å². The van der Waals surface area contributed by atoms with Crippen LogP contribution in [0, 0.1) is 0 Å². The third-order valence-corrected chi connectivity index (χ3v) is 6.02. The van der Waals surface area contributed by atoms with Crippen molar-refractivity contribution in [1.29, 1.82) is 0 Å². The molecule has 0 aliphatic carbocycles.